The Kier molecular flexibility index (Phi) is 3.67. The molecule has 0 heterocycles. The average Bonchev–Trinajstić information content (AvgIpc) is 2.18. The minimum atomic E-state index is 0.0557. The summed E-state index contributed by atoms with van der Waals surface area (Å²) in [6, 6.07) is 0. The highest BCUT2D eigenvalue weighted by atomic mass is 16.1. The lowest BCUT2D eigenvalue weighted by Gasteiger charge is -2.20. The van der Waals surface area contributed by atoms with Crippen LogP contribution in [0.4, 0.5) is 0 Å². The second-order valence-corrected chi connectivity index (χ2v) is 3.76. The first-order chi connectivity index (χ1) is 6.65. The Labute approximate surface area is 85.5 Å². The predicted octanol–water partition coefficient (Wildman–Crippen LogP) is 3.20. The predicted molar refractivity (Wildman–Crippen MR) is 59.0 cm³/mol. The van der Waals surface area contributed by atoms with Crippen molar-refractivity contribution in [1.29, 1.82) is 0 Å². The first-order valence-electron chi connectivity index (χ1n) is 4.89. The lowest BCUT2D eigenvalue weighted by atomic mass is 9.84. The SMILES string of the molecule is C=C=CC(=O)C1=CCC(C(=C)C)CC1. The van der Waals surface area contributed by atoms with E-state index < -0.39 is 0 Å². The van der Waals surface area contributed by atoms with Crippen LogP contribution in [-0.2, 0) is 4.79 Å². The molecule has 1 heteroatoms. The van der Waals surface area contributed by atoms with Crippen LogP contribution in [-0.4, -0.2) is 5.78 Å². The topological polar surface area (TPSA) is 17.1 Å². The molecule has 0 aromatic carbocycles. The maximum Gasteiger partial charge on any atom is 0.189 e. The molecule has 0 bridgehead atoms. The smallest absolute Gasteiger partial charge is 0.189 e. The van der Waals surface area contributed by atoms with Gasteiger partial charge in [0.25, 0.3) is 0 Å². The maximum absolute atomic E-state index is 11.4. The van der Waals surface area contributed by atoms with Gasteiger partial charge < -0.3 is 0 Å². The highest BCUT2D eigenvalue weighted by Gasteiger charge is 2.17. The summed E-state index contributed by atoms with van der Waals surface area (Å²) in [6.45, 7) is 9.39. The highest BCUT2D eigenvalue weighted by molar-refractivity contribution is 6.03. The van der Waals surface area contributed by atoms with E-state index in [-0.39, 0.29) is 5.78 Å². The van der Waals surface area contributed by atoms with Gasteiger partial charge in [0.1, 0.15) is 0 Å². The third-order valence-electron chi connectivity index (χ3n) is 2.66. The largest absolute Gasteiger partial charge is 0.289 e. The molecule has 0 amide bonds. The summed E-state index contributed by atoms with van der Waals surface area (Å²) >= 11 is 0. The van der Waals surface area contributed by atoms with E-state index in [0.717, 1.165) is 24.8 Å². The zero-order valence-electron chi connectivity index (χ0n) is 8.68. The Morgan fingerprint density at radius 1 is 1.71 bits per heavy atom. The lowest BCUT2D eigenvalue weighted by molar-refractivity contribution is -0.111. The van der Waals surface area contributed by atoms with Crippen LogP contribution >= 0.6 is 0 Å². The fourth-order valence-corrected chi connectivity index (χ4v) is 1.69. The average molecular weight is 188 g/mol. The standard InChI is InChI=1S/C13H16O/c1-4-5-13(14)12-8-6-11(7-9-12)10(2)3/h5,8,11H,1-2,6-7,9H2,3H3. The van der Waals surface area contributed by atoms with Gasteiger partial charge in [-0.2, -0.15) is 0 Å². The van der Waals surface area contributed by atoms with E-state index in [1.165, 1.54) is 11.6 Å². The van der Waals surface area contributed by atoms with E-state index in [2.05, 4.69) is 25.8 Å². The van der Waals surface area contributed by atoms with Crippen LogP contribution in [0, 0.1) is 5.92 Å². The lowest BCUT2D eigenvalue weighted by Crippen LogP contribution is -2.10. The van der Waals surface area contributed by atoms with Crippen molar-refractivity contribution in [3.63, 3.8) is 0 Å². The summed E-state index contributed by atoms with van der Waals surface area (Å²) < 4.78 is 0. The van der Waals surface area contributed by atoms with Crippen molar-refractivity contribution in [2.45, 2.75) is 26.2 Å². The van der Waals surface area contributed by atoms with Crippen molar-refractivity contribution in [1.82, 2.24) is 0 Å². The molecule has 1 rings (SSSR count). The second kappa shape index (κ2) is 4.78. The molecule has 0 aromatic rings. The fourth-order valence-electron chi connectivity index (χ4n) is 1.69. The number of hydrogen-bond acceptors (Lipinski definition) is 1. The Balaban J connectivity index is 2.65. The van der Waals surface area contributed by atoms with Crippen molar-refractivity contribution in [2.75, 3.05) is 0 Å². The number of hydrogen-bond donors (Lipinski definition) is 0. The summed E-state index contributed by atoms with van der Waals surface area (Å²) in [5, 5.41) is 0. The van der Waals surface area contributed by atoms with E-state index in [1.54, 1.807) is 0 Å². The zero-order valence-corrected chi connectivity index (χ0v) is 8.68. The van der Waals surface area contributed by atoms with Crippen molar-refractivity contribution < 1.29 is 4.79 Å². The normalized spacial score (nSPS) is 20.6. The van der Waals surface area contributed by atoms with Gasteiger partial charge in [0.05, 0.1) is 0 Å². The van der Waals surface area contributed by atoms with Gasteiger partial charge >= 0.3 is 0 Å². The van der Waals surface area contributed by atoms with Crippen LogP contribution < -0.4 is 0 Å². The van der Waals surface area contributed by atoms with E-state index >= 15 is 0 Å². The van der Waals surface area contributed by atoms with Gasteiger partial charge in [-0.1, -0.05) is 24.8 Å². The molecule has 0 saturated carbocycles. The van der Waals surface area contributed by atoms with Gasteiger partial charge in [0, 0.05) is 6.08 Å². The highest BCUT2D eigenvalue weighted by Crippen LogP contribution is 2.28. The van der Waals surface area contributed by atoms with Gasteiger partial charge in [-0.3, -0.25) is 4.79 Å². The van der Waals surface area contributed by atoms with Crippen LogP contribution in [0.5, 0.6) is 0 Å². The Hall–Kier alpha value is -1.33. The summed E-state index contributed by atoms with van der Waals surface area (Å²) in [4.78, 5) is 11.4. The van der Waals surface area contributed by atoms with Crippen LogP contribution in [0.25, 0.3) is 0 Å². The minimum Gasteiger partial charge on any atom is -0.289 e. The molecule has 0 radical (unpaired) electrons. The molecule has 0 fully saturated rings. The van der Waals surface area contributed by atoms with Gasteiger partial charge in [-0.05, 0) is 37.7 Å². The van der Waals surface area contributed by atoms with Gasteiger partial charge in [0.15, 0.2) is 5.78 Å². The number of carbonyl (C=O) groups excluding carboxylic acids is 1. The minimum absolute atomic E-state index is 0.0557. The molecular formula is C13H16O. The molecular weight excluding hydrogens is 172 g/mol. The summed E-state index contributed by atoms with van der Waals surface area (Å²) in [5.74, 6) is 0.611. The zero-order chi connectivity index (χ0) is 10.6. The molecule has 1 aliphatic carbocycles. The number of allylic oxidation sites excluding steroid dienone is 4. The molecule has 0 aliphatic heterocycles. The first-order valence-corrected chi connectivity index (χ1v) is 4.89. The van der Waals surface area contributed by atoms with Crippen molar-refractivity contribution in [3.05, 3.63) is 42.2 Å². The van der Waals surface area contributed by atoms with Gasteiger partial charge in [0.2, 0.25) is 0 Å². The van der Waals surface area contributed by atoms with Crippen LogP contribution in [0.2, 0.25) is 0 Å². The molecule has 0 N–H and O–H groups in total. The summed E-state index contributed by atoms with van der Waals surface area (Å²) in [6.07, 6.45) is 6.28. The molecule has 1 nitrogen and oxygen atoms in total. The molecule has 0 saturated heterocycles. The van der Waals surface area contributed by atoms with Crippen LogP contribution in [0.1, 0.15) is 26.2 Å². The molecule has 74 valence electrons. The van der Waals surface area contributed by atoms with Crippen molar-refractivity contribution in [3.8, 4) is 0 Å². The molecule has 1 unspecified atom stereocenters. The van der Waals surface area contributed by atoms with E-state index in [4.69, 9.17) is 0 Å². The molecule has 14 heavy (non-hydrogen) atoms. The molecule has 0 aromatic heterocycles. The van der Waals surface area contributed by atoms with E-state index in [0.29, 0.717) is 5.92 Å². The monoisotopic (exact) mass is 188 g/mol. The van der Waals surface area contributed by atoms with Gasteiger partial charge in [-0.15, -0.1) is 5.73 Å². The Morgan fingerprint density at radius 3 is 2.86 bits per heavy atom. The third-order valence-corrected chi connectivity index (χ3v) is 2.66. The molecule has 1 atom stereocenters. The van der Waals surface area contributed by atoms with E-state index in [9.17, 15) is 4.79 Å². The van der Waals surface area contributed by atoms with E-state index in [1.807, 2.05) is 6.08 Å². The second-order valence-electron chi connectivity index (χ2n) is 3.76. The van der Waals surface area contributed by atoms with Gasteiger partial charge in [-0.25, -0.2) is 0 Å². The number of carbonyl (C=O) groups is 1. The van der Waals surface area contributed by atoms with Crippen molar-refractivity contribution in [2.24, 2.45) is 5.92 Å². The maximum atomic E-state index is 11.4. The summed E-state index contributed by atoms with van der Waals surface area (Å²) in [7, 11) is 0. The Bertz CT molecular complexity index is 327. The molecule has 0 spiro atoms. The molecule has 1 aliphatic rings. The third kappa shape index (κ3) is 2.58. The summed E-state index contributed by atoms with van der Waals surface area (Å²) in [5.41, 5.74) is 4.63. The first kappa shape index (κ1) is 10.7. The van der Waals surface area contributed by atoms with Crippen LogP contribution in [0.3, 0.4) is 0 Å². The quantitative estimate of drug-likeness (QED) is 0.377. The van der Waals surface area contributed by atoms with Crippen LogP contribution in [0.15, 0.2) is 42.2 Å². The van der Waals surface area contributed by atoms with Crippen molar-refractivity contribution >= 4 is 5.78 Å². The number of rotatable bonds is 3. The number of ketones is 1. The Morgan fingerprint density at radius 2 is 2.43 bits per heavy atom. The fraction of sp³-hybridized carbons (Fsp3) is 0.385.